The van der Waals surface area contributed by atoms with Gasteiger partial charge in [0.15, 0.2) is 0 Å². The number of nitrogens with one attached hydrogen (secondary N) is 1. The summed E-state index contributed by atoms with van der Waals surface area (Å²) in [6, 6.07) is 15.9. The molecule has 1 N–H and O–H groups in total. The second-order valence-corrected chi connectivity index (χ2v) is 8.12. The first-order valence-corrected chi connectivity index (χ1v) is 10.7. The minimum absolute atomic E-state index is 0.0747. The van der Waals surface area contributed by atoms with Crippen LogP contribution in [-0.4, -0.2) is 40.4 Å². The Labute approximate surface area is 158 Å². The zero-order valence-electron chi connectivity index (χ0n) is 15.4. The summed E-state index contributed by atoms with van der Waals surface area (Å²) < 4.78 is 11.4. The molecule has 0 fully saturated rings. The Morgan fingerprint density at radius 2 is 1.85 bits per heavy atom. The maximum atomic E-state index is 12.4. The summed E-state index contributed by atoms with van der Waals surface area (Å²) in [6.07, 6.45) is 3.70. The smallest absolute Gasteiger partial charge is 0.251 e. The van der Waals surface area contributed by atoms with E-state index < -0.39 is 10.8 Å². The van der Waals surface area contributed by atoms with Crippen molar-refractivity contribution in [2.24, 2.45) is 0 Å². The van der Waals surface area contributed by atoms with Crippen molar-refractivity contribution in [2.75, 3.05) is 19.3 Å². The van der Waals surface area contributed by atoms with Crippen molar-refractivity contribution in [3.8, 4) is 0 Å². The van der Waals surface area contributed by atoms with Gasteiger partial charge in [0, 0.05) is 53.2 Å². The maximum absolute atomic E-state index is 12.4. The summed E-state index contributed by atoms with van der Waals surface area (Å²) in [5.41, 5.74) is 3.45. The molecule has 1 aliphatic rings. The largest absolute Gasteiger partial charge is 0.350 e. The lowest BCUT2D eigenvalue weighted by molar-refractivity contribution is 0.0926. The van der Waals surface area contributed by atoms with Crippen molar-refractivity contribution in [1.82, 2.24) is 10.2 Å². The van der Waals surface area contributed by atoms with E-state index >= 15 is 0 Å². The number of hydrogen-bond donors (Lipinski definition) is 1. The Hall–Kier alpha value is -1.98. The summed E-state index contributed by atoms with van der Waals surface area (Å²) in [5.74, 6) is -0.0747. The van der Waals surface area contributed by atoms with Gasteiger partial charge in [0.2, 0.25) is 0 Å². The molecule has 4 nitrogen and oxygen atoms in total. The average molecular weight is 371 g/mol. The highest BCUT2D eigenvalue weighted by Crippen LogP contribution is 2.21. The molecule has 26 heavy (non-hydrogen) atoms. The van der Waals surface area contributed by atoms with Crippen molar-refractivity contribution in [3.05, 3.63) is 65.2 Å². The first kappa shape index (κ1) is 18.8. The Balaban J connectivity index is 1.59. The molecule has 138 valence electrons. The molecule has 0 unspecified atom stereocenters. The molecule has 1 aliphatic heterocycles. The standard InChI is InChI=1S/C21H26N2O2S/c1-3-19(23-13-12-16-6-4-5-7-18(16)15-23)14-22-21(24)17-8-10-20(11-9-17)26(2)25/h4-11,19H,3,12-15H2,1-2H3,(H,22,24)/t19-,26-/m1/s1. The molecule has 2 atom stereocenters. The predicted molar refractivity (Wildman–Crippen MR) is 106 cm³/mol. The van der Waals surface area contributed by atoms with E-state index in [4.69, 9.17) is 0 Å². The number of rotatable bonds is 6. The van der Waals surface area contributed by atoms with Crippen molar-refractivity contribution in [1.29, 1.82) is 0 Å². The average Bonchev–Trinajstić information content (AvgIpc) is 2.68. The molecule has 0 radical (unpaired) electrons. The first-order valence-electron chi connectivity index (χ1n) is 9.11. The zero-order valence-corrected chi connectivity index (χ0v) is 16.2. The maximum Gasteiger partial charge on any atom is 0.251 e. The van der Waals surface area contributed by atoms with E-state index in [1.54, 1.807) is 30.5 Å². The van der Waals surface area contributed by atoms with Crippen LogP contribution in [0.25, 0.3) is 0 Å². The molecule has 0 bridgehead atoms. The topological polar surface area (TPSA) is 49.4 Å². The monoisotopic (exact) mass is 370 g/mol. The summed E-state index contributed by atoms with van der Waals surface area (Å²) in [5, 5.41) is 3.06. The van der Waals surface area contributed by atoms with Gasteiger partial charge in [-0.1, -0.05) is 31.2 Å². The van der Waals surface area contributed by atoms with E-state index in [-0.39, 0.29) is 5.91 Å². The second-order valence-electron chi connectivity index (χ2n) is 6.74. The van der Waals surface area contributed by atoms with Crippen LogP contribution < -0.4 is 5.32 Å². The minimum Gasteiger partial charge on any atom is -0.350 e. The van der Waals surface area contributed by atoms with Gasteiger partial charge in [-0.2, -0.15) is 0 Å². The van der Waals surface area contributed by atoms with Crippen molar-refractivity contribution in [3.63, 3.8) is 0 Å². The number of fused-ring (bicyclic) bond motifs is 1. The van der Waals surface area contributed by atoms with Crippen LogP contribution in [0.4, 0.5) is 0 Å². The van der Waals surface area contributed by atoms with Gasteiger partial charge in [0.05, 0.1) is 0 Å². The second kappa shape index (κ2) is 8.60. The third-order valence-corrected chi connectivity index (χ3v) is 6.03. The predicted octanol–water partition coefficient (Wildman–Crippen LogP) is 2.99. The van der Waals surface area contributed by atoms with Crippen LogP contribution in [-0.2, 0) is 23.8 Å². The van der Waals surface area contributed by atoms with Gasteiger partial charge >= 0.3 is 0 Å². The van der Waals surface area contributed by atoms with E-state index in [2.05, 4.69) is 41.4 Å². The van der Waals surface area contributed by atoms with Gasteiger partial charge in [-0.05, 0) is 48.2 Å². The van der Waals surface area contributed by atoms with E-state index in [1.165, 1.54) is 11.1 Å². The number of nitrogens with zero attached hydrogens (tertiary/aromatic N) is 1. The fraction of sp³-hybridized carbons (Fsp3) is 0.381. The van der Waals surface area contributed by atoms with Crippen molar-refractivity contribution in [2.45, 2.75) is 37.2 Å². The highest BCUT2D eigenvalue weighted by molar-refractivity contribution is 7.84. The highest BCUT2D eigenvalue weighted by atomic mass is 32.2. The van der Waals surface area contributed by atoms with E-state index in [0.717, 1.165) is 30.8 Å². The lowest BCUT2D eigenvalue weighted by Crippen LogP contribution is -2.45. The third-order valence-electron chi connectivity index (χ3n) is 5.09. The van der Waals surface area contributed by atoms with Gasteiger partial charge in [0.1, 0.15) is 0 Å². The number of benzene rings is 2. The quantitative estimate of drug-likeness (QED) is 0.850. The Bertz CT molecular complexity index is 789. The zero-order chi connectivity index (χ0) is 18.5. The van der Waals surface area contributed by atoms with E-state index in [1.807, 2.05) is 0 Å². The fourth-order valence-electron chi connectivity index (χ4n) is 3.47. The highest BCUT2D eigenvalue weighted by Gasteiger charge is 2.22. The van der Waals surface area contributed by atoms with Crippen LogP contribution in [0, 0.1) is 0 Å². The van der Waals surface area contributed by atoms with Gasteiger partial charge in [0.25, 0.3) is 5.91 Å². The third kappa shape index (κ3) is 4.40. The van der Waals surface area contributed by atoms with Crippen molar-refractivity contribution < 1.29 is 9.00 Å². The molecule has 0 spiro atoms. The normalized spacial score (nSPS) is 16.5. The van der Waals surface area contributed by atoms with Crippen LogP contribution >= 0.6 is 0 Å². The first-order chi connectivity index (χ1) is 12.6. The van der Waals surface area contributed by atoms with Crippen molar-refractivity contribution >= 4 is 16.7 Å². The molecule has 0 aliphatic carbocycles. The molecule has 3 rings (SSSR count). The van der Waals surface area contributed by atoms with Gasteiger partial charge in [-0.3, -0.25) is 13.9 Å². The van der Waals surface area contributed by atoms with E-state index in [0.29, 0.717) is 18.2 Å². The Morgan fingerprint density at radius 1 is 1.15 bits per heavy atom. The molecule has 2 aromatic rings. The van der Waals surface area contributed by atoms with Crippen LogP contribution in [0.2, 0.25) is 0 Å². The van der Waals surface area contributed by atoms with Crippen LogP contribution in [0.5, 0.6) is 0 Å². The Morgan fingerprint density at radius 3 is 2.50 bits per heavy atom. The molecular formula is C21H26N2O2S. The number of carbonyl (C=O) groups excluding carboxylic acids is 1. The fourth-order valence-corrected chi connectivity index (χ4v) is 3.99. The van der Waals surface area contributed by atoms with Gasteiger partial charge in [-0.15, -0.1) is 0 Å². The number of amides is 1. The molecule has 0 aromatic heterocycles. The molecule has 1 heterocycles. The molecule has 2 aromatic carbocycles. The lowest BCUT2D eigenvalue weighted by Gasteiger charge is -2.35. The van der Waals surface area contributed by atoms with Gasteiger partial charge in [-0.25, -0.2) is 0 Å². The number of hydrogen-bond acceptors (Lipinski definition) is 3. The number of carbonyl (C=O) groups is 1. The molecule has 5 heteroatoms. The summed E-state index contributed by atoms with van der Waals surface area (Å²) in [6.45, 7) is 4.78. The van der Waals surface area contributed by atoms with Crippen LogP contribution in [0.1, 0.15) is 34.8 Å². The summed E-state index contributed by atoms with van der Waals surface area (Å²) >= 11 is 0. The van der Waals surface area contributed by atoms with Crippen LogP contribution in [0.3, 0.4) is 0 Å². The molecule has 1 amide bonds. The van der Waals surface area contributed by atoms with E-state index in [9.17, 15) is 9.00 Å². The molecule has 0 saturated carbocycles. The minimum atomic E-state index is -1.02. The Kier molecular flexibility index (Phi) is 6.22. The van der Waals surface area contributed by atoms with Crippen LogP contribution in [0.15, 0.2) is 53.4 Å². The molecule has 0 saturated heterocycles. The summed E-state index contributed by atoms with van der Waals surface area (Å²) in [4.78, 5) is 15.6. The lowest BCUT2D eigenvalue weighted by atomic mass is 9.98. The van der Waals surface area contributed by atoms with Gasteiger partial charge < -0.3 is 5.32 Å². The molecular weight excluding hydrogens is 344 g/mol. The summed E-state index contributed by atoms with van der Waals surface area (Å²) in [7, 11) is -1.02. The SMILES string of the molecule is CC[C@H](CNC(=O)c1ccc([S@@](C)=O)cc1)N1CCc2ccccc2C1.